The molecular weight excluding hydrogens is 450 g/mol. The van der Waals surface area contributed by atoms with Gasteiger partial charge in [0.2, 0.25) is 5.16 Å². The van der Waals surface area contributed by atoms with Crippen LogP contribution in [0.3, 0.4) is 0 Å². The molecule has 2 aromatic carbocycles. The third-order valence-corrected chi connectivity index (χ3v) is 6.73. The van der Waals surface area contributed by atoms with E-state index in [4.69, 9.17) is 4.74 Å². The lowest BCUT2D eigenvalue weighted by Crippen LogP contribution is -2.29. The molecule has 3 heterocycles. The Morgan fingerprint density at radius 3 is 2.74 bits per heavy atom. The van der Waals surface area contributed by atoms with Crippen molar-refractivity contribution in [3.8, 4) is 0 Å². The second-order valence-corrected chi connectivity index (χ2v) is 9.08. The molecule has 0 saturated heterocycles. The van der Waals surface area contributed by atoms with Gasteiger partial charge in [-0.1, -0.05) is 30.0 Å². The Morgan fingerprint density at radius 1 is 1.09 bits per heavy atom. The number of benzene rings is 2. The van der Waals surface area contributed by atoms with Crippen LogP contribution in [0.1, 0.15) is 43.2 Å². The van der Waals surface area contributed by atoms with Crippen molar-refractivity contribution in [2.45, 2.75) is 31.2 Å². The molecule has 2 aromatic heterocycles. The van der Waals surface area contributed by atoms with Gasteiger partial charge in [-0.2, -0.15) is 4.98 Å². The molecule has 5 rings (SSSR count). The van der Waals surface area contributed by atoms with Gasteiger partial charge < -0.3 is 9.64 Å². The van der Waals surface area contributed by atoms with E-state index in [0.29, 0.717) is 40.8 Å². The fourth-order valence-corrected chi connectivity index (χ4v) is 5.03. The number of carbonyl (C=O) groups is 2. The number of aryl methyl sites for hydroxylation is 2. The number of ether oxygens (including phenoxy) is 1. The summed E-state index contributed by atoms with van der Waals surface area (Å²) in [6.45, 7) is 4.47. The zero-order valence-corrected chi connectivity index (χ0v) is 19.9. The first kappa shape index (κ1) is 22.1. The van der Waals surface area contributed by atoms with Crippen molar-refractivity contribution in [2.24, 2.45) is 0 Å². The predicted octanol–water partition coefficient (Wildman–Crippen LogP) is 4.02. The van der Waals surface area contributed by atoms with Crippen molar-refractivity contribution in [1.29, 1.82) is 0 Å². The molecule has 8 nitrogen and oxygen atoms in total. The van der Waals surface area contributed by atoms with Crippen LogP contribution in [0.15, 0.2) is 53.7 Å². The van der Waals surface area contributed by atoms with E-state index in [1.165, 1.54) is 18.9 Å². The molecule has 0 bridgehead atoms. The van der Waals surface area contributed by atoms with Crippen molar-refractivity contribution < 1.29 is 14.3 Å². The van der Waals surface area contributed by atoms with Gasteiger partial charge in [-0.15, -0.1) is 5.10 Å². The molecule has 1 amide bonds. The molecule has 0 N–H and O–H groups in total. The average Bonchev–Trinajstić information content (AvgIpc) is 3.45. The van der Waals surface area contributed by atoms with Crippen LogP contribution in [0.5, 0.6) is 0 Å². The van der Waals surface area contributed by atoms with Crippen LogP contribution < -0.4 is 4.90 Å². The monoisotopic (exact) mass is 473 g/mol. The summed E-state index contributed by atoms with van der Waals surface area (Å²) in [5.74, 6) is 0.691. The van der Waals surface area contributed by atoms with E-state index in [1.54, 1.807) is 15.5 Å². The quantitative estimate of drug-likeness (QED) is 0.319. The average molecular weight is 474 g/mol. The van der Waals surface area contributed by atoms with E-state index in [-0.39, 0.29) is 11.9 Å². The molecule has 0 aliphatic carbocycles. The summed E-state index contributed by atoms with van der Waals surface area (Å²) < 4.78 is 6.55. The van der Waals surface area contributed by atoms with Crippen LogP contribution in [0.25, 0.3) is 5.78 Å². The molecule has 0 radical (unpaired) electrons. The van der Waals surface area contributed by atoms with Gasteiger partial charge in [0.25, 0.3) is 11.7 Å². The second-order valence-electron chi connectivity index (χ2n) is 8.13. The minimum Gasteiger partial charge on any atom is -0.465 e. The van der Waals surface area contributed by atoms with E-state index < -0.39 is 0 Å². The van der Waals surface area contributed by atoms with E-state index in [1.807, 2.05) is 56.3 Å². The molecule has 0 atom stereocenters. The number of hydrogen-bond acceptors (Lipinski definition) is 7. The maximum atomic E-state index is 13.5. The molecule has 9 heteroatoms. The maximum Gasteiger partial charge on any atom is 0.337 e. The summed E-state index contributed by atoms with van der Waals surface area (Å²) in [6.07, 6.45) is 0.694. The zero-order chi connectivity index (χ0) is 23.8. The first-order valence-electron chi connectivity index (χ1n) is 10.9. The van der Waals surface area contributed by atoms with Gasteiger partial charge in [-0.3, -0.25) is 4.79 Å². The highest BCUT2D eigenvalue weighted by Crippen LogP contribution is 2.32. The summed E-state index contributed by atoms with van der Waals surface area (Å²) >= 11 is 1.48. The SMILES string of the molecule is COC(=O)c1ccc2c(c1)CCN2C(=O)c1ccccc1CSc1nc2nc(C)cc(C)n2n1. The number of esters is 1. The Hall–Kier alpha value is -3.72. The van der Waals surface area contributed by atoms with E-state index in [0.717, 1.165) is 28.2 Å². The standard InChI is InChI=1S/C25H23N5O3S/c1-15-12-16(2)30-24(26-15)27-25(28-30)34-14-19-6-4-5-7-20(19)22(31)29-11-10-17-13-18(23(32)33-3)8-9-21(17)29/h4-9,12-13H,10-11,14H2,1-3H3. The van der Waals surface area contributed by atoms with Crippen molar-refractivity contribution >= 4 is 35.1 Å². The molecule has 0 spiro atoms. The van der Waals surface area contributed by atoms with E-state index in [2.05, 4.69) is 15.1 Å². The topological polar surface area (TPSA) is 89.7 Å². The predicted molar refractivity (Wildman–Crippen MR) is 129 cm³/mol. The molecule has 0 saturated carbocycles. The number of amides is 1. The maximum absolute atomic E-state index is 13.5. The van der Waals surface area contributed by atoms with Gasteiger partial charge in [0.15, 0.2) is 0 Å². The summed E-state index contributed by atoms with van der Waals surface area (Å²) in [5.41, 5.74) is 5.72. The number of fused-ring (bicyclic) bond motifs is 2. The molecule has 0 unspecified atom stereocenters. The van der Waals surface area contributed by atoms with Gasteiger partial charge in [0.05, 0.1) is 12.7 Å². The summed E-state index contributed by atoms with van der Waals surface area (Å²) in [4.78, 5) is 36.1. The Balaban J connectivity index is 1.37. The number of hydrogen-bond donors (Lipinski definition) is 0. The molecule has 1 aliphatic heterocycles. The lowest BCUT2D eigenvalue weighted by molar-refractivity contribution is 0.0600. The minimum atomic E-state index is -0.379. The molecule has 34 heavy (non-hydrogen) atoms. The Morgan fingerprint density at radius 2 is 1.91 bits per heavy atom. The fourth-order valence-electron chi connectivity index (χ4n) is 4.21. The number of carbonyl (C=O) groups excluding carboxylic acids is 2. The number of aromatic nitrogens is 4. The van der Waals surface area contributed by atoms with Crippen LogP contribution in [0.4, 0.5) is 5.69 Å². The smallest absolute Gasteiger partial charge is 0.337 e. The lowest BCUT2D eigenvalue weighted by Gasteiger charge is -2.19. The Labute approximate surface area is 201 Å². The number of rotatable bonds is 5. The Bertz CT molecular complexity index is 1430. The summed E-state index contributed by atoms with van der Waals surface area (Å²) in [6, 6.07) is 14.9. The number of nitrogens with zero attached hydrogens (tertiary/aromatic N) is 5. The largest absolute Gasteiger partial charge is 0.465 e. The van der Waals surface area contributed by atoms with Gasteiger partial charge in [0, 0.05) is 34.9 Å². The lowest BCUT2D eigenvalue weighted by atomic mass is 10.1. The minimum absolute atomic E-state index is 0.0585. The first-order chi connectivity index (χ1) is 16.4. The highest BCUT2D eigenvalue weighted by atomic mass is 32.2. The van der Waals surface area contributed by atoms with Crippen molar-refractivity contribution in [3.63, 3.8) is 0 Å². The first-order valence-corrected chi connectivity index (χ1v) is 11.9. The van der Waals surface area contributed by atoms with E-state index in [9.17, 15) is 9.59 Å². The van der Waals surface area contributed by atoms with Crippen LogP contribution in [0, 0.1) is 13.8 Å². The second kappa shape index (κ2) is 8.90. The normalized spacial score (nSPS) is 12.7. The van der Waals surface area contributed by atoms with Gasteiger partial charge in [0.1, 0.15) is 0 Å². The van der Waals surface area contributed by atoms with Gasteiger partial charge in [-0.25, -0.2) is 14.3 Å². The molecule has 1 aliphatic rings. The van der Waals surface area contributed by atoms with Gasteiger partial charge in [-0.05, 0) is 61.7 Å². The van der Waals surface area contributed by atoms with Crippen molar-refractivity contribution in [1.82, 2.24) is 19.6 Å². The third-order valence-electron chi connectivity index (χ3n) is 5.84. The van der Waals surface area contributed by atoms with Crippen LogP contribution in [0.2, 0.25) is 0 Å². The summed E-state index contributed by atoms with van der Waals surface area (Å²) in [5, 5.41) is 5.17. The molecule has 172 valence electrons. The van der Waals surface area contributed by atoms with Crippen LogP contribution in [-0.2, 0) is 16.9 Å². The van der Waals surface area contributed by atoms with Crippen LogP contribution in [-0.4, -0.2) is 45.1 Å². The highest BCUT2D eigenvalue weighted by molar-refractivity contribution is 7.98. The third kappa shape index (κ3) is 4.03. The van der Waals surface area contributed by atoms with E-state index >= 15 is 0 Å². The molecule has 4 aromatic rings. The number of thioether (sulfide) groups is 1. The van der Waals surface area contributed by atoms with Gasteiger partial charge >= 0.3 is 5.97 Å². The van der Waals surface area contributed by atoms with Crippen LogP contribution >= 0.6 is 11.8 Å². The highest BCUT2D eigenvalue weighted by Gasteiger charge is 2.28. The molecule has 0 fully saturated rings. The zero-order valence-electron chi connectivity index (χ0n) is 19.1. The summed E-state index contributed by atoms with van der Waals surface area (Å²) in [7, 11) is 1.36. The van der Waals surface area contributed by atoms with Crippen molar-refractivity contribution in [3.05, 3.63) is 82.2 Å². The molecular formula is C25H23N5O3S. The number of anilines is 1. The Kier molecular flexibility index (Phi) is 5.79. The van der Waals surface area contributed by atoms with Crippen molar-refractivity contribution in [2.75, 3.05) is 18.6 Å². The fraction of sp³-hybridized carbons (Fsp3) is 0.240. The number of methoxy groups -OCH3 is 1.